The van der Waals surface area contributed by atoms with Crippen molar-refractivity contribution in [2.24, 2.45) is 0 Å². The van der Waals surface area contributed by atoms with Crippen LogP contribution in [-0.2, 0) is 11.3 Å². The van der Waals surface area contributed by atoms with Gasteiger partial charge in [0.1, 0.15) is 5.76 Å². The van der Waals surface area contributed by atoms with E-state index in [2.05, 4.69) is 10.5 Å². The molecule has 19 heavy (non-hydrogen) atoms. The highest BCUT2D eigenvalue weighted by Crippen LogP contribution is 2.14. The normalized spacial score (nSPS) is 10.2. The van der Waals surface area contributed by atoms with Crippen molar-refractivity contribution < 1.29 is 18.4 Å². The molecule has 1 heterocycles. The molecular weight excluding hydrogens is 251 g/mol. The summed E-state index contributed by atoms with van der Waals surface area (Å²) in [4.78, 5) is 11.5. The molecule has 0 aliphatic heterocycles. The SMILES string of the molecule is Cc1oncc1CNC(=O)COc1ccccc1F. The number of benzene rings is 1. The van der Waals surface area contributed by atoms with Crippen LogP contribution in [0.4, 0.5) is 4.39 Å². The molecule has 1 aromatic carbocycles. The van der Waals surface area contributed by atoms with E-state index < -0.39 is 5.82 Å². The minimum Gasteiger partial charge on any atom is -0.481 e. The zero-order valence-corrected chi connectivity index (χ0v) is 10.4. The van der Waals surface area contributed by atoms with Crippen LogP contribution in [0.5, 0.6) is 5.75 Å². The summed E-state index contributed by atoms with van der Waals surface area (Å²) in [6.45, 7) is 1.81. The van der Waals surface area contributed by atoms with Crippen LogP contribution in [0.25, 0.3) is 0 Å². The Hall–Kier alpha value is -2.37. The first-order valence-electron chi connectivity index (χ1n) is 5.71. The van der Waals surface area contributed by atoms with Crippen LogP contribution in [0.3, 0.4) is 0 Å². The highest BCUT2D eigenvalue weighted by atomic mass is 19.1. The van der Waals surface area contributed by atoms with Gasteiger partial charge in [-0.05, 0) is 19.1 Å². The van der Waals surface area contributed by atoms with Gasteiger partial charge in [0.15, 0.2) is 18.2 Å². The maximum Gasteiger partial charge on any atom is 0.258 e. The monoisotopic (exact) mass is 264 g/mol. The van der Waals surface area contributed by atoms with Crippen molar-refractivity contribution in [3.05, 3.63) is 47.6 Å². The summed E-state index contributed by atoms with van der Waals surface area (Å²) in [5.41, 5.74) is 0.791. The van der Waals surface area contributed by atoms with Crippen LogP contribution in [0.1, 0.15) is 11.3 Å². The van der Waals surface area contributed by atoms with Crippen molar-refractivity contribution in [2.45, 2.75) is 13.5 Å². The molecule has 1 N–H and O–H groups in total. The van der Waals surface area contributed by atoms with E-state index in [-0.39, 0.29) is 18.3 Å². The van der Waals surface area contributed by atoms with Gasteiger partial charge in [0.25, 0.3) is 5.91 Å². The third-order valence-corrected chi connectivity index (χ3v) is 2.52. The van der Waals surface area contributed by atoms with Crippen molar-refractivity contribution in [1.82, 2.24) is 10.5 Å². The minimum atomic E-state index is -0.495. The van der Waals surface area contributed by atoms with Gasteiger partial charge in [-0.3, -0.25) is 4.79 Å². The number of aryl methyl sites for hydroxylation is 1. The molecule has 0 atom stereocenters. The number of aromatic nitrogens is 1. The fourth-order valence-corrected chi connectivity index (χ4v) is 1.44. The maximum atomic E-state index is 13.2. The van der Waals surface area contributed by atoms with Gasteiger partial charge in [0.05, 0.1) is 6.20 Å². The standard InChI is InChI=1S/C13H13FN2O3/c1-9-10(7-16-19-9)6-15-13(17)8-18-12-5-3-2-4-11(12)14/h2-5,7H,6,8H2,1H3,(H,15,17). The lowest BCUT2D eigenvalue weighted by Gasteiger charge is -2.07. The smallest absolute Gasteiger partial charge is 0.258 e. The van der Waals surface area contributed by atoms with Gasteiger partial charge in [-0.15, -0.1) is 0 Å². The molecule has 5 nitrogen and oxygen atoms in total. The van der Waals surface area contributed by atoms with Crippen molar-refractivity contribution in [3.8, 4) is 5.75 Å². The number of halogens is 1. The molecule has 2 aromatic rings. The zero-order chi connectivity index (χ0) is 13.7. The Kier molecular flexibility index (Phi) is 4.12. The number of rotatable bonds is 5. The van der Waals surface area contributed by atoms with Crippen molar-refractivity contribution in [3.63, 3.8) is 0 Å². The fourth-order valence-electron chi connectivity index (χ4n) is 1.44. The second-order valence-electron chi connectivity index (χ2n) is 3.90. The number of amides is 1. The van der Waals surface area contributed by atoms with Gasteiger partial charge < -0.3 is 14.6 Å². The van der Waals surface area contributed by atoms with E-state index in [1.54, 1.807) is 19.1 Å². The topological polar surface area (TPSA) is 64.4 Å². The summed E-state index contributed by atoms with van der Waals surface area (Å²) < 4.78 is 23.2. The predicted octanol–water partition coefficient (Wildman–Crippen LogP) is 1.82. The Bertz CT molecular complexity index is 569. The number of para-hydroxylation sites is 1. The minimum absolute atomic E-state index is 0.0545. The summed E-state index contributed by atoms with van der Waals surface area (Å²) in [5.74, 6) is -0.136. The average Bonchev–Trinajstić information content (AvgIpc) is 2.81. The van der Waals surface area contributed by atoms with Crippen molar-refractivity contribution in [1.29, 1.82) is 0 Å². The molecule has 0 radical (unpaired) electrons. The molecule has 1 amide bonds. The number of hydrogen-bond acceptors (Lipinski definition) is 4. The Balaban J connectivity index is 1.79. The number of carbonyl (C=O) groups is 1. The van der Waals surface area contributed by atoms with E-state index in [1.165, 1.54) is 18.3 Å². The maximum absolute atomic E-state index is 13.2. The molecule has 0 aliphatic carbocycles. The van der Waals surface area contributed by atoms with E-state index >= 15 is 0 Å². The van der Waals surface area contributed by atoms with E-state index in [9.17, 15) is 9.18 Å². The molecule has 0 spiro atoms. The molecule has 100 valence electrons. The zero-order valence-electron chi connectivity index (χ0n) is 10.4. The molecule has 0 saturated carbocycles. The lowest BCUT2D eigenvalue weighted by atomic mass is 10.3. The Morgan fingerprint density at radius 2 is 2.26 bits per heavy atom. The molecule has 0 saturated heterocycles. The number of nitrogens with one attached hydrogen (secondary N) is 1. The Morgan fingerprint density at radius 3 is 2.95 bits per heavy atom. The molecule has 0 aliphatic rings. The lowest BCUT2D eigenvalue weighted by Crippen LogP contribution is -2.28. The number of hydrogen-bond donors (Lipinski definition) is 1. The first kappa shape index (κ1) is 13.1. The van der Waals surface area contributed by atoms with Crippen LogP contribution < -0.4 is 10.1 Å². The Morgan fingerprint density at radius 1 is 1.47 bits per heavy atom. The van der Waals surface area contributed by atoms with E-state index in [0.29, 0.717) is 12.3 Å². The molecular formula is C13H13FN2O3. The average molecular weight is 264 g/mol. The van der Waals surface area contributed by atoms with Gasteiger partial charge in [-0.25, -0.2) is 4.39 Å². The highest BCUT2D eigenvalue weighted by molar-refractivity contribution is 5.77. The van der Waals surface area contributed by atoms with E-state index in [1.807, 2.05) is 0 Å². The first-order valence-corrected chi connectivity index (χ1v) is 5.71. The molecule has 0 bridgehead atoms. The van der Waals surface area contributed by atoms with Gasteiger partial charge >= 0.3 is 0 Å². The largest absolute Gasteiger partial charge is 0.481 e. The van der Waals surface area contributed by atoms with Crippen molar-refractivity contribution in [2.75, 3.05) is 6.61 Å². The second kappa shape index (κ2) is 5.99. The molecule has 0 unspecified atom stereocenters. The summed E-state index contributed by atoms with van der Waals surface area (Å²) in [6.07, 6.45) is 1.54. The van der Waals surface area contributed by atoms with Crippen LogP contribution in [0.15, 0.2) is 35.0 Å². The summed E-state index contributed by atoms with van der Waals surface area (Å²) >= 11 is 0. The summed E-state index contributed by atoms with van der Waals surface area (Å²) in [5, 5.41) is 6.23. The summed E-state index contributed by atoms with van der Waals surface area (Å²) in [6, 6.07) is 5.92. The van der Waals surface area contributed by atoms with Gasteiger partial charge in [-0.1, -0.05) is 17.3 Å². The number of ether oxygens (including phenoxy) is 1. The van der Waals surface area contributed by atoms with Gasteiger partial charge in [0.2, 0.25) is 0 Å². The van der Waals surface area contributed by atoms with Crippen LogP contribution in [-0.4, -0.2) is 17.7 Å². The fraction of sp³-hybridized carbons (Fsp3) is 0.231. The molecule has 0 fully saturated rings. The number of carbonyl (C=O) groups excluding carboxylic acids is 1. The van der Waals surface area contributed by atoms with E-state index in [0.717, 1.165) is 5.56 Å². The first-order chi connectivity index (χ1) is 9.16. The van der Waals surface area contributed by atoms with Crippen LogP contribution in [0, 0.1) is 12.7 Å². The molecule has 2 rings (SSSR count). The summed E-state index contributed by atoms with van der Waals surface area (Å²) in [7, 11) is 0. The third kappa shape index (κ3) is 3.54. The van der Waals surface area contributed by atoms with Crippen molar-refractivity contribution >= 4 is 5.91 Å². The van der Waals surface area contributed by atoms with Crippen LogP contribution >= 0.6 is 0 Å². The second-order valence-corrected chi connectivity index (χ2v) is 3.90. The number of nitrogens with zero attached hydrogens (tertiary/aromatic N) is 1. The predicted molar refractivity (Wildman–Crippen MR) is 65.0 cm³/mol. The quantitative estimate of drug-likeness (QED) is 0.894. The lowest BCUT2D eigenvalue weighted by molar-refractivity contribution is -0.123. The van der Waals surface area contributed by atoms with Gasteiger partial charge in [0, 0.05) is 12.1 Å². The van der Waals surface area contributed by atoms with E-state index in [4.69, 9.17) is 9.26 Å². The Labute approximate surface area is 109 Å². The highest BCUT2D eigenvalue weighted by Gasteiger charge is 2.08. The molecule has 1 aromatic heterocycles. The van der Waals surface area contributed by atoms with Gasteiger partial charge in [-0.2, -0.15) is 0 Å². The van der Waals surface area contributed by atoms with Crippen LogP contribution in [0.2, 0.25) is 0 Å². The molecule has 6 heteroatoms. The third-order valence-electron chi connectivity index (χ3n) is 2.52.